The number of fused-ring (bicyclic) bond motifs is 1. The number of anilines is 1. The number of aromatic carboxylic acids is 1. The Morgan fingerprint density at radius 1 is 1.10 bits per heavy atom. The van der Waals surface area contributed by atoms with Gasteiger partial charge in [0.05, 0.1) is 18.4 Å². The summed E-state index contributed by atoms with van der Waals surface area (Å²) in [7, 11) is 1.32. The van der Waals surface area contributed by atoms with Gasteiger partial charge in [0.1, 0.15) is 4.88 Å². The number of carbonyl (C=O) groups excluding carboxylic acids is 2. The molecule has 2 aromatic carbocycles. The molecule has 29 heavy (non-hydrogen) atoms. The molecule has 0 saturated heterocycles. The number of carboxylic acids is 1. The van der Waals surface area contributed by atoms with Gasteiger partial charge in [0.2, 0.25) is 5.91 Å². The quantitative estimate of drug-likeness (QED) is 0.627. The van der Waals surface area contributed by atoms with Gasteiger partial charge < -0.3 is 15.2 Å². The standard InChI is InChI=1S/C22H17NO5S/c1-28-22(27)14-9-7-12(8-10-14)15-11-16(24)23-18-17(13-5-3-2-4-6-13)20(21(25)26)29-19(15)18/h2-10,15H,11H2,1H3,(H,23,24)(H,25,26)/t15-/m1/s1. The van der Waals surface area contributed by atoms with Crippen molar-refractivity contribution >= 4 is 34.9 Å². The zero-order valence-electron chi connectivity index (χ0n) is 15.5. The monoisotopic (exact) mass is 407 g/mol. The summed E-state index contributed by atoms with van der Waals surface area (Å²) in [5.74, 6) is -1.93. The van der Waals surface area contributed by atoms with E-state index in [1.165, 1.54) is 18.4 Å². The van der Waals surface area contributed by atoms with Crippen molar-refractivity contribution in [3.63, 3.8) is 0 Å². The topological polar surface area (TPSA) is 92.7 Å². The van der Waals surface area contributed by atoms with Crippen molar-refractivity contribution in [3.8, 4) is 11.1 Å². The van der Waals surface area contributed by atoms with Crippen LogP contribution in [0, 0.1) is 0 Å². The van der Waals surface area contributed by atoms with Crippen LogP contribution in [0.5, 0.6) is 0 Å². The average molecular weight is 407 g/mol. The largest absolute Gasteiger partial charge is 0.477 e. The van der Waals surface area contributed by atoms with E-state index in [1.54, 1.807) is 24.3 Å². The number of benzene rings is 2. The van der Waals surface area contributed by atoms with Crippen molar-refractivity contribution in [2.24, 2.45) is 0 Å². The van der Waals surface area contributed by atoms with Gasteiger partial charge in [0.15, 0.2) is 0 Å². The molecule has 1 aromatic heterocycles. The maximum atomic E-state index is 12.5. The summed E-state index contributed by atoms with van der Waals surface area (Å²) in [4.78, 5) is 37.1. The van der Waals surface area contributed by atoms with Crippen LogP contribution in [-0.2, 0) is 9.53 Å². The molecule has 1 aliphatic rings. The van der Waals surface area contributed by atoms with E-state index in [2.05, 4.69) is 5.32 Å². The van der Waals surface area contributed by atoms with Crippen LogP contribution >= 0.6 is 11.3 Å². The lowest BCUT2D eigenvalue weighted by atomic mass is 9.88. The van der Waals surface area contributed by atoms with Crippen LogP contribution in [0.4, 0.5) is 5.69 Å². The minimum Gasteiger partial charge on any atom is -0.477 e. The third kappa shape index (κ3) is 3.40. The van der Waals surface area contributed by atoms with E-state index in [1.807, 2.05) is 30.3 Å². The second-order valence-corrected chi connectivity index (χ2v) is 7.69. The van der Waals surface area contributed by atoms with Crippen LogP contribution in [0.1, 0.15) is 42.8 Å². The van der Waals surface area contributed by atoms with Gasteiger partial charge in [-0.2, -0.15) is 0 Å². The third-order valence-corrected chi connectivity index (χ3v) is 6.19. The minimum absolute atomic E-state index is 0.175. The summed E-state index contributed by atoms with van der Waals surface area (Å²) in [6.45, 7) is 0. The first kappa shape index (κ1) is 18.9. The normalized spacial score (nSPS) is 15.3. The smallest absolute Gasteiger partial charge is 0.346 e. The van der Waals surface area contributed by atoms with Crippen molar-refractivity contribution in [1.82, 2.24) is 0 Å². The summed E-state index contributed by atoms with van der Waals surface area (Å²) < 4.78 is 4.72. The summed E-state index contributed by atoms with van der Waals surface area (Å²) in [5.41, 5.74) is 3.08. The fourth-order valence-electron chi connectivity index (χ4n) is 3.56. The Hall–Kier alpha value is -3.45. The highest BCUT2D eigenvalue weighted by Gasteiger charge is 2.34. The van der Waals surface area contributed by atoms with Crippen molar-refractivity contribution in [3.05, 3.63) is 75.5 Å². The van der Waals surface area contributed by atoms with Crippen molar-refractivity contribution in [2.75, 3.05) is 12.4 Å². The number of ether oxygens (including phenoxy) is 1. The van der Waals surface area contributed by atoms with Crippen molar-refractivity contribution in [2.45, 2.75) is 12.3 Å². The highest BCUT2D eigenvalue weighted by atomic mass is 32.1. The predicted octanol–water partition coefficient (Wildman–Crippen LogP) is 4.37. The van der Waals surface area contributed by atoms with Crippen LogP contribution < -0.4 is 5.32 Å². The first-order valence-electron chi connectivity index (χ1n) is 8.93. The SMILES string of the molecule is COC(=O)c1ccc([C@H]2CC(=O)Nc3c2sc(C(=O)O)c3-c2ccccc2)cc1. The lowest BCUT2D eigenvalue weighted by molar-refractivity contribution is -0.116. The zero-order valence-corrected chi connectivity index (χ0v) is 16.3. The molecule has 146 valence electrons. The van der Waals surface area contributed by atoms with Crippen molar-refractivity contribution in [1.29, 1.82) is 0 Å². The molecule has 0 aliphatic carbocycles. The van der Waals surface area contributed by atoms with Crippen LogP contribution in [0.25, 0.3) is 11.1 Å². The van der Waals surface area contributed by atoms with Crippen LogP contribution in [0.15, 0.2) is 54.6 Å². The molecule has 1 atom stereocenters. The highest BCUT2D eigenvalue weighted by molar-refractivity contribution is 7.15. The Kier molecular flexibility index (Phi) is 4.90. The van der Waals surface area contributed by atoms with E-state index < -0.39 is 11.9 Å². The molecule has 0 fully saturated rings. The first-order valence-corrected chi connectivity index (χ1v) is 9.74. The zero-order chi connectivity index (χ0) is 20.5. The van der Waals surface area contributed by atoms with E-state index in [-0.39, 0.29) is 23.1 Å². The lowest BCUT2D eigenvalue weighted by Crippen LogP contribution is -2.22. The minimum atomic E-state index is -1.03. The number of rotatable bonds is 4. The Morgan fingerprint density at radius 2 is 1.79 bits per heavy atom. The second-order valence-electron chi connectivity index (χ2n) is 6.64. The molecule has 6 nitrogen and oxygen atoms in total. The van der Waals surface area contributed by atoms with Crippen LogP contribution in [0.3, 0.4) is 0 Å². The fraction of sp³-hybridized carbons (Fsp3) is 0.136. The Balaban J connectivity index is 1.84. The summed E-state index contributed by atoms with van der Waals surface area (Å²) >= 11 is 1.18. The van der Waals surface area contributed by atoms with E-state index in [0.717, 1.165) is 16.0 Å². The van der Waals surface area contributed by atoms with Gasteiger partial charge in [-0.15, -0.1) is 11.3 Å². The van der Waals surface area contributed by atoms with Gasteiger partial charge in [-0.3, -0.25) is 4.79 Å². The molecule has 7 heteroatoms. The van der Waals surface area contributed by atoms with Gasteiger partial charge >= 0.3 is 11.9 Å². The maximum absolute atomic E-state index is 12.5. The molecule has 0 saturated carbocycles. The number of hydrogen-bond acceptors (Lipinski definition) is 5. The van der Waals surface area contributed by atoms with Gasteiger partial charge in [-0.05, 0) is 23.3 Å². The first-order chi connectivity index (χ1) is 14.0. The Labute approximate surface area is 170 Å². The molecule has 0 spiro atoms. The van der Waals surface area contributed by atoms with E-state index in [0.29, 0.717) is 16.8 Å². The number of methoxy groups -OCH3 is 1. The number of thiophene rings is 1. The molecule has 2 N–H and O–H groups in total. The number of carbonyl (C=O) groups is 3. The lowest BCUT2D eigenvalue weighted by Gasteiger charge is -2.24. The second kappa shape index (κ2) is 7.52. The average Bonchev–Trinajstić information content (AvgIpc) is 3.13. The number of carboxylic acid groups (broad SMARTS) is 1. The molecule has 3 aromatic rings. The molecule has 4 rings (SSSR count). The van der Waals surface area contributed by atoms with Gasteiger partial charge in [0.25, 0.3) is 0 Å². The summed E-state index contributed by atoms with van der Waals surface area (Å²) in [6, 6.07) is 16.0. The molecule has 0 radical (unpaired) electrons. The van der Waals surface area contributed by atoms with Gasteiger partial charge in [-0.1, -0.05) is 42.5 Å². The van der Waals surface area contributed by atoms with E-state index in [4.69, 9.17) is 4.74 Å². The van der Waals surface area contributed by atoms with Crippen molar-refractivity contribution < 1.29 is 24.2 Å². The van der Waals surface area contributed by atoms with E-state index in [9.17, 15) is 19.5 Å². The molecular weight excluding hydrogens is 390 g/mol. The van der Waals surface area contributed by atoms with Crippen LogP contribution in [0.2, 0.25) is 0 Å². The molecule has 2 heterocycles. The van der Waals surface area contributed by atoms with Crippen LogP contribution in [-0.4, -0.2) is 30.1 Å². The molecule has 0 bridgehead atoms. The third-order valence-electron chi connectivity index (χ3n) is 4.90. The van der Waals surface area contributed by atoms with Gasteiger partial charge in [-0.25, -0.2) is 9.59 Å². The van der Waals surface area contributed by atoms with Gasteiger partial charge in [0, 0.05) is 22.8 Å². The summed E-state index contributed by atoms with van der Waals surface area (Å²) in [6.07, 6.45) is 0.207. The Morgan fingerprint density at radius 3 is 2.41 bits per heavy atom. The maximum Gasteiger partial charge on any atom is 0.346 e. The highest BCUT2D eigenvalue weighted by Crippen LogP contribution is 2.49. The number of hydrogen-bond donors (Lipinski definition) is 2. The van der Waals surface area contributed by atoms with E-state index >= 15 is 0 Å². The molecule has 1 amide bonds. The number of esters is 1. The molecular formula is C22H17NO5S. The fourth-order valence-corrected chi connectivity index (χ4v) is 4.80. The Bertz CT molecular complexity index is 1100. The number of amides is 1. The number of nitrogens with one attached hydrogen (secondary N) is 1. The molecule has 1 aliphatic heterocycles. The molecule has 0 unspecified atom stereocenters. The predicted molar refractivity (Wildman–Crippen MR) is 110 cm³/mol. The summed E-state index contributed by atoms with van der Waals surface area (Å²) in [5, 5.41) is 12.6.